The molecule has 1 fully saturated rings. The molecular weight excluding hydrogens is 264 g/mol. The van der Waals surface area contributed by atoms with Crippen LogP contribution in [0.5, 0.6) is 11.5 Å². The topological polar surface area (TPSA) is 30.5 Å². The minimum Gasteiger partial charge on any atom is -0.490 e. The summed E-state index contributed by atoms with van der Waals surface area (Å²) in [7, 11) is 0. The van der Waals surface area contributed by atoms with Crippen molar-refractivity contribution in [3.8, 4) is 11.5 Å². The number of benzene rings is 1. The molecule has 20 heavy (non-hydrogen) atoms. The van der Waals surface area contributed by atoms with E-state index in [0.29, 0.717) is 18.9 Å². The van der Waals surface area contributed by atoms with Gasteiger partial charge in [0.05, 0.1) is 6.61 Å². The van der Waals surface area contributed by atoms with Crippen molar-refractivity contribution in [2.75, 3.05) is 13.2 Å². The molecule has 0 aliphatic heterocycles. The quantitative estimate of drug-likeness (QED) is 0.792. The maximum atomic E-state index is 12.3. The maximum Gasteiger partial charge on any atom is 0.387 e. The fraction of sp³-hybridized carbons (Fsp3) is 0.600. The van der Waals surface area contributed by atoms with Crippen molar-refractivity contribution in [1.82, 2.24) is 5.32 Å². The molecule has 0 saturated heterocycles. The molecule has 0 unspecified atom stereocenters. The lowest BCUT2D eigenvalue weighted by atomic mass is 9.85. The first kappa shape index (κ1) is 15.0. The second-order valence-electron chi connectivity index (χ2n) is 5.02. The van der Waals surface area contributed by atoms with Gasteiger partial charge in [0.15, 0.2) is 11.5 Å². The Labute approximate surface area is 118 Å². The average molecular weight is 285 g/mol. The predicted molar refractivity (Wildman–Crippen MR) is 73.3 cm³/mol. The summed E-state index contributed by atoms with van der Waals surface area (Å²) in [6.07, 6.45) is 3.94. The third-order valence-corrected chi connectivity index (χ3v) is 3.51. The van der Waals surface area contributed by atoms with E-state index in [9.17, 15) is 8.78 Å². The summed E-state index contributed by atoms with van der Waals surface area (Å²) in [4.78, 5) is 0. The molecule has 112 valence electrons. The van der Waals surface area contributed by atoms with Crippen LogP contribution in [0, 0.1) is 5.92 Å². The highest BCUT2D eigenvalue weighted by Crippen LogP contribution is 2.30. The van der Waals surface area contributed by atoms with Gasteiger partial charge < -0.3 is 14.8 Å². The lowest BCUT2D eigenvalue weighted by molar-refractivity contribution is -0.0514. The molecule has 1 N–H and O–H groups in total. The zero-order chi connectivity index (χ0) is 14.4. The Morgan fingerprint density at radius 3 is 2.70 bits per heavy atom. The summed E-state index contributed by atoms with van der Waals surface area (Å²) in [6, 6.07) is 5.08. The molecular formula is C15H21F2NO2. The molecule has 2 rings (SSSR count). The lowest BCUT2D eigenvalue weighted by Gasteiger charge is -2.25. The number of hydrogen-bond acceptors (Lipinski definition) is 3. The summed E-state index contributed by atoms with van der Waals surface area (Å²) in [5.74, 6) is 1.25. The molecule has 3 nitrogen and oxygen atoms in total. The van der Waals surface area contributed by atoms with Crippen molar-refractivity contribution in [3.05, 3.63) is 23.8 Å². The molecule has 1 aromatic carbocycles. The van der Waals surface area contributed by atoms with Crippen LogP contribution in [0.4, 0.5) is 8.78 Å². The number of alkyl halides is 2. The van der Waals surface area contributed by atoms with Crippen molar-refractivity contribution in [3.63, 3.8) is 0 Å². The molecule has 1 aromatic rings. The molecule has 0 bridgehead atoms. The molecule has 0 amide bonds. The van der Waals surface area contributed by atoms with Gasteiger partial charge >= 0.3 is 6.61 Å². The molecule has 0 spiro atoms. The summed E-state index contributed by atoms with van der Waals surface area (Å²) < 4.78 is 34.4. The van der Waals surface area contributed by atoms with Crippen LogP contribution >= 0.6 is 0 Å². The third kappa shape index (κ3) is 4.34. The van der Waals surface area contributed by atoms with Crippen LogP contribution < -0.4 is 14.8 Å². The fourth-order valence-corrected chi connectivity index (χ4v) is 2.24. The Kier molecular flexibility index (Phi) is 5.59. The van der Waals surface area contributed by atoms with E-state index in [0.717, 1.165) is 18.0 Å². The second kappa shape index (κ2) is 7.43. The van der Waals surface area contributed by atoms with Crippen molar-refractivity contribution >= 4 is 0 Å². The van der Waals surface area contributed by atoms with Crippen molar-refractivity contribution in [1.29, 1.82) is 0 Å². The van der Waals surface area contributed by atoms with Crippen LogP contribution in [0.2, 0.25) is 0 Å². The van der Waals surface area contributed by atoms with Crippen LogP contribution in [0.1, 0.15) is 31.7 Å². The van der Waals surface area contributed by atoms with Gasteiger partial charge in [-0.15, -0.1) is 0 Å². The van der Waals surface area contributed by atoms with Crippen molar-refractivity contribution in [2.24, 2.45) is 5.92 Å². The number of rotatable bonds is 8. The van der Waals surface area contributed by atoms with E-state index in [4.69, 9.17) is 4.74 Å². The van der Waals surface area contributed by atoms with E-state index in [1.807, 2.05) is 6.92 Å². The van der Waals surface area contributed by atoms with Gasteiger partial charge in [-0.05, 0) is 49.9 Å². The van der Waals surface area contributed by atoms with E-state index in [-0.39, 0.29) is 5.75 Å². The monoisotopic (exact) mass is 285 g/mol. The number of ether oxygens (including phenoxy) is 2. The van der Waals surface area contributed by atoms with Crippen LogP contribution in [0.15, 0.2) is 18.2 Å². The standard InChI is InChI=1S/C15H21F2NO2/c1-2-19-14-8-12(6-7-13(14)20-15(16)17)10-18-9-11-4-3-5-11/h6-8,11,15,18H,2-5,9-10H2,1H3. The summed E-state index contributed by atoms with van der Waals surface area (Å²) in [6.45, 7) is 1.12. The van der Waals surface area contributed by atoms with Crippen LogP contribution in [0.25, 0.3) is 0 Å². The molecule has 1 saturated carbocycles. The molecule has 0 heterocycles. The van der Waals surface area contributed by atoms with Gasteiger partial charge in [-0.25, -0.2) is 0 Å². The minimum absolute atomic E-state index is 0.0876. The van der Waals surface area contributed by atoms with Gasteiger partial charge in [-0.1, -0.05) is 12.5 Å². The smallest absolute Gasteiger partial charge is 0.387 e. The normalized spacial score (nSPS) is 15.2. The van der Waals surface area contributed by atoms with Gasteiger partial charge in [0.25, 0.3) is 0 Å². The summed E-state index contributed by atoms with van der Waals surface area (Å²) >= 11 is 0. The van der Waals surface area contributed by atoms with Gasteiger partial charge in [0.2, 0.25) is 0 Å². The van der Waals surface area contributed by atoms with Crippen LogP contribution in [-0.2, 0) is 6.54 Å². The second-order valence-corrected chi connectivity index (χ2v) is 5.02. The molecule has 0 atom stereocenters. The number of hydrogen-bond donors (Lipinski definition) is 1. The maximum absolute atomic E-state index is 12.3. The van der Waals surface area contributed by atoms with E-state index < -0.39 is 6.61 Å². The number of nitrogens with one attached hydrogen (secondary N) is 1. The SMILES string of the molecule is CCOc1cc(CNCC2CCC2)ccc1OC(F)F. The van der Waals surface area contributed by atoms with Crippen LogP contribution in [-0.4, -0.2) is 19.8 Å². The highest BCUT2D eigenvalue weighted by atomic mass is 19.3. The van der Waals surface area contributed by atoms with Gasteiger partial charge in [-0.2, -0.15) is 8.78 Å². The Balaban J connectivity index is 1.92. The first-order valence-corrected chi connectivity index (χ1v) is 7.10. The van der Waals surface area contributed by atoms with E-state index in [1.165, 1.54) is 25.3 Å². The Morgan fingerprint density at radius 1 is 1.30 bits per heavy atom. The van der Waals surface area contributed by atoms with Crippen molar-refractivity contribution < 1.29 is 18.3 Å². The third-order valence-electron chi connectivity index (χ3n) is 3.51. The summed E-state index contributed by atoms with van der Waals surface area (Å²) in [5, 5.41) is 3.39. The molecule has 0 radical (unpaired) electrons. The van der Waals surface area contributed by atoms with E-state index in [1.54, 1.807) is 12.1 Å². The van der Waals surface area contributed by atoms with E-state index in [2.05, 4.69) is 10.1 Å². The van der Waals surface area contributed by atoms with Gasteiger partial charge in [0, 0.05) is 6.54 Å². The zero-order valence-electron chi connectivity index (χ0n) is 11.7. The van der Waals surface area contributed by atoms with Crippen LogP contribution in [0.3, 0.4) is 0 Å². The Hall–Kier alpha value is -1.36. The van der Waals surface area contributed by atoms with Gasteiger partial charge in [0.1, 0.15) is 0 Å². The predicted octanol–water partition coefficient (Wildman–Crippen LogP) is 3.58. The Morgan fingerprint density at radius 2 is 2.10 bits per heavy atom. The largest absolute Gasteiger partial charge is 0.490 e. The molecule has 5 heteroatoms. The van der Waals surface area contributed by atoms with E-state index >= 15 is 0 Å². The Bertz CT molecular complexity index is 422. The number of halogens is 2. The minimum atomic E-state index is -2.84. The highest BCUT2D eigenvalue weighted by molar-refractivity contribution is 5.43. The molecule has 1 aliphatic rings. The zero-order valence-corrected chi connectivity index (χ0v) is 11.7. The highest BCUT2D eigenvalue weighted by Gasteiger charge is 2.16. The molecule has 0 aromatic heterocycles. The fourth-order valence-electron chi connectivity index (χ4n) is 2.24. The van der Waals surface area contributed by atoms with Crippen molar-refractivity contribution in [2.45, 2.75) is 39.3 Å². The average Bonchev–Trinajstić information content (AvgIpc) is 2.35. The molecule has 1 aliphatic carbocycles. The lowest BCUT2D eigenvalue weighted by Crippen LogP contribution is -2.26. The first-order chi connectivity index (χ1) is 9.69. The summed E-state index contributed by atoms with van der Waals surface area (Å²) in [5.41, 5.74) is 1.01. The van der Waals surface area contributed by atoms with Gasteiger partial charge in [-0.3, -0.25) is 0 Å². The first-order valence-electron chi connectivity index (χ1n) is 7.10.